The molecule has 1 fully saturated rings. The Labute approximate surface area is 128 Å². The number of rotatable bonds is 5. The van der Waals surface area contributed by atoms with Crippen molar-refractivity contribution in [3.8, 4) is 0 Å². The lowest BCUT2D eigenvalue weighted by Gasteiger charge is -2.27. The van der Waals surface area contributed by atoms with Crippen LogP contribution in [-0.2, 0) is 4.74 Å². The second kappa shape index (κ2) is 7.09. The van der Waals surface area contributed by atoms with Gasteiger partial charge in [-0.05, 0) is 31.3 Å². The highest BCUT2D eigenvalue weighted by Crippen LogP contribution is 2.31. The highest BCUT2D eigenvalue weighted by atomic mass is 32.1. The fourth-order valence-corrected chi connectivity index (χ4v) is 3.33. The fourth-order valence-electron chi connectivity index (χ4n) is 2.63. The van der Waals surface area contributed by atoms with E-state index in [1.54, 1.807) is 6.92 Å². The summed E-state index contributed by atoms with van der Waals surface area (Å²) in [4.78, 5) is 11.9. The molecule has 0 aromatic carbocycles. The quantitative estimate of drug-likeness (QED) is 0.570. The highest BCUT2D eigenvalue weighted by Gasteiger charge is 2.29. The van der Waals surface area contributed by atoms with Crippen molar-refractivity contribution in [2.75, 3.05) is 24.2 Å². The average Bonchev–Trinajstić information content (AvgIpc) is 2.67. The number of nitrogen functional groups attached to an aromatic ring is 1. The SMILES string of the molecule is CCOC(=O)c1c(N)nsc1NCC1(O)CCCCCC1. The summed E-state index contributed by atoms with van der Waals surface area (Å²) in [6.07, 6.45) is 5.97. The Morgan fingerprint density at radius 2 is 2.10 bits per heavy atom. The molecule has 118 valence electrons. The van der Waals surface area contributed by atoms with Crippen LogP contribution in [0, 0.1) is 0 Å². The Morgan fingerprint density at radius 1 is 1.43 bits per heavy atom. The molecule has 0 atom stereocenters. The maximum atomic E-state index is 11.9. The summed E-state index contributed by atoms with van der Waals surface area (Å²) in [7, 11) is 0. The van der Waals surface area contributed by atoms with Gasteiger partial charge in [-0.15, -0.1) is 0 Å². The molecule has 1 aromatic rings. The third-order valence-corrected chi connectivity index (χ3v) is 4.63. The summed E-state index contributed by atoms with van der Waals surface area (Å²) in [6.45, 7) is 2.44. The molecule has 1 aromatic heterocycles. The van der Waals surface area contributed by atoms with E-state index < -0.39 is 11.6 Å². The van der Waals surface area contributed by atoms with Crippen molar-refractivity contribution in [1.29, 1.82) is 0 Å². The number of nitrogens with one attached hydrogen (secondary N) is 1. The molecule has 7 heteroatoms. The standard InChI is InChI=1S/C14H23N3O3S/c1-2-20-13(18)10-11(15)17-21-12(10)16-9-14(19)7-5-3-4-6-8-14/h16,19H,2-9H2,1H3,(H2,15,17). The number of carbonyl (C=O) groups is 1. The van der Waals surface area contributed by atoms with Gasteiger partial charge >= 0.3 is 5.97 Å². The molecule has 0 radical (unpaired) electrons. The zero-order valence-corrected chi connectivity index (χ0v) is 13.2. The van der Waals surface area contributed by atoms with E-state index in [1.807, 2.05) is 0 Å². The van der Waals surface area contributed by atoms with Crippen molar-refractivity contribution in [2.24, 2.45) is 0 Å². The van der Waals surface area contributed by atoms with Crippen LogP contribution < -0.4 is 11.1 Å². The van der Waals surface area contributed by atoms with Crippen molar-refractivity contribution in [2.45, 2.75) is 51.0 Å². The van der Waals surface area contributed by atoms with Gasteiger partial charge < -0.3 is 20.9 Å². The summed E-state index contributed by atoms with van der Waals surface area (Å²) in [5.41, 5.74) is 5.29. The third-order valence-electron chi connectivity index (χ3n) is 3.81. The van der Waals surface area contributed by atoms with Crippen molar-refractivity contribution >= 4 is 28.3 Å². The predicted octanol–water partition coefficient (Wildman–Crippen LogP) is 2.40. The summed E-state index contributed by atoms with van der Waals surface area (Å²) in [6, 6.07) is 0. The minimum atomic E-state index is -0.721. The Hall–Kier alpha value is -1.34. The minimum Gasteiger partial charge on any atom is -0.462 e. The number of esters is 1. The van der Waals surface area contributed by atoms with Gasteiger partial charge in [0.2, 0.25) is 0 Å². The predicted molar refractivity (Wildman–Crippen MR) is 83.6 cm³/mol. The number of aliphatic hydroxyl groups is 1. The number of carbonyl (C=O) groups excluding carboxylic acids is 1. The summed E-state index contributed by atoms with van der Waals surface area (Å²) in [5.74, 6) is -0.298. The van der Waals surface area contributed by atoms with Gasteiger partial charge in [0.1, 0.15) is 10.6 Å². The molecular weight excluding hydrogens is 290 g/mol. The molecule has 1 aliphatic carbocycles. The highest BCUT2D eigenvalue weighted by molar-refractivity contribution is 7.11. The van der Waals surface area contributed by atoms with Gasteiger partial charge in [-0.1, -0.05) is 25.7 Å². The van der Waals surface area contributed by atoms with Gasteiger partial charge in [-0.3, -0.25) is 0 Å². The Kier molecular flexibility index (Phi) is 5.41. The number of hydrogen-bond acceptors (Lipinski definition) is 7. The number of nitrogens with zero attached hydrogens (tertiary/aromatic N) is 1. The van der Waals surface area contributed by atoms with Crippen LogP contribution in [0.15, 0.2) is 0 Å². The first kappa shape index (κ1) is 16.0. The first-order chi connectivity index (χ1) is 10.1. The molecule has 21 heavy (non-hydrogen) atoms. The molecule has 0 bridgehead atoms. The second-order valence-corrected chi connectivity index (χ2v) is 6.26. The summed E-state index contributed by atoms with van der Waals surface area (Å²) in [5, 5.41) is 14.3. The molecule has 2 rings (SSSR count). The Balaban J connectivity index is 2.04. The number of ether oxygens (including phenoxy) is 1. The van der Waals surface area contributed by atoms with Gasteiger partial charge in [0.25, 0.3) is 0 Å². The number of hydrogen-bond donors (Lipinski definition) is 3. The second-order valence-electron chi connectivity index (χ2n) is 5.48. The molecular formula is C14H23N3O3S. The normalized spacial score (nSPS) is 18.0. The molecule has 0 saturated heterocycles. The van der Waals surface area contributed by atoms with Gasteiger partial charge in [0.05, 0.1) is 12.2 Å². The summed E-state index contributed by atoms with van der Waals surface area (Å²) >= 11 is 1.12. The Morgan fingerprint density at radius 3 is 2.71 bits per heavy atom. The molecule has 1 aliphatic rings. The topological polar surface area (TPSA) is 97.5 Å². The monoisotopic (exact) mass is 313 g/mol. The maximum absolute atomic E-state index is 11.9. The zero-order chi connectivity index (χ0) is 15.3. The molecule has 6 nitrogen and oxygen atoms in total. The Bertz CT molecular complexity index is 482. The van der Waals surface area contributed by atoms with Crippen LogP contribution >= 0.6 is 11.5 Å². The van der Waals surface area contributed by atoms with Gasteiger partial charge in [-0.25, -0.2) is 4.79 Å². The van der Waals surface area contributed by atoms with Crippen molar-refractivity contribution < 1.29 is 14.6 Å². The maximum Gasteiger partial charge on any atom is 0.344 e. The van der Waals surface area contributed by atoms with Crippen LogP contribution in [0.1, 0.15) is 55.8 Å². The zero-order valence-electron chi connectivity index (χ0n) is 12.4. The van der Waals surface area contributed by atoms with Crippen molar-refractivity contribution in [3.05, 3.63) is 5.56 Å². The van der Waals surface area contributed by atoms with Crippen molar-refractivity contribution in [1.82, 2.24) is 4.37 Å². The first-order valence-electron chi connectivity index (χ1n) is 7.44. The molecule has 0 unspecified atom stereocenters. The number of nitrogens with two attached hydrogens (primary N) is 1. The van der Waals surface area contributed by atoms with E-state index >= 15 is 0 Å². The molecule has 1 saturated carbocycles. The minimum absolute atomic E-state index is 0.175. The van der Waals surface area contributed by atoms with Gasteiger partial charge in [0.15, 0.2) is 5.82 Å². The van der Waals surface area contributed by atoms with E-state index in [0.717, 1.165) is 37.2 Å². The molecule has 0 aliphatic heterocycles. The molecule has 1 heterocycles. The van der Waals surface area contributed by atoms with E-state index in [4.69, 9.17) is 10.5 Å². The average molecular weight is 313 g/mol. The lowest BCUT2D eigenvalue weighted by molar-refractivity contribution is 0.0379. The van der Waals surface area contributed by atoms with Gasteiger partial charge in [0, 0.05) is 6.54 Å². The summed E-state index contributed by atoms with van der Waals surface area (Å²) < 4.78 is 8.99. The van der Waals surface area contributed by atoms with Crippen molar-refractivity contribution in [3.63, 3.8) is 0 Å². The van der Waals surface area contributed by atoms with Crippen LogP contribution in [0.25, 0.3) is 0 Å². The van der Waals surface area contributed by atoms with Crippen LogP contribution in [0.3, 0.4) is 0 Å². The van der Waals surface area contributed by atoms with E-state index in [1.165, 1.54) is 12.8 Å². The molecule has 0 amide bonds. The molecule has 0 spiro atoms. The lowest BCUT2D eigenvalue weighted by Crippen LogP contribution is -2.36. The first-order valence-corrected chi connectivity index (χ1v) is 8.21. The third kappa shape index (κ3) is 4.07. The van der Waals surface area contributed by atoms with Crippen LogP contribution in [0.5, 0.6) is 0 Å². The number of anilines is 2. The fraction of sp³-hybridized carbons (Fsp3) is 0.714. The van der Waals surface area contributed by atoms with Crippen LogP contribution in [0.4, 0.5) is 10.8 Å². The largest absolute Gasteiger partial charge is 0.462 e. The smallest absolute Gasteiger partial charge is 0.344 e. The van der Waals surface area contributed by atoms with E-state index in [-0.39, 0.29) is 18.0 Å². The van der Waals surface area contributed by atoms with Crippen LogP contribution in [-0.4, -0.2) is 34.2 Å². The van der Waals surface area contributed by atoms with E-state index in [9.17, 15) is 9.90 Å². The van der Waals surface area contributed by atoms with E-state index in [2.05, 4.69) is 9.69 Å². The lowest BCUT2D eigenvalue weighted by atomic mass is 9.94. The van der Waals surface area contributed by atoms with Gasteiger partial charge in [-0.2, -0.15) is 4.37 Å². The van der Waals surface area contributed by atoms with E-state index in [0.29, 0.717) is 11.5 Å². The molecule has 4 N–H and O–H groups in total. The number of aromatic nitrogens is 1. The van der Waals surface area contributed by atoms with Crippen LogP contribution in [0.2, 0.25) is 0 Å².